The molecule has 2 N–H and O–H groups in total. The molecule has 3 rings (SSSR count). The Bertz CT molecular complexity index is 526. The summed E-state index contributed by atoms with van der Waals surface area (Å²) in [5, 5.41) is 10.2. The second kappa shape index (κ2) is 4.92. The molecule has 2 heterocycles. The van der Waals surface area contributed by atoms with E-state index in [1.54, 1.807) is 0 Å². The van der Waals surface area contributed by atoms with Crippen molar-refractivity contribution in [2.24, 2.45) is 0 Å². The van der Waals surface area contributed by atoms with Gasteiger partial charge in [0, 0.05) is 6.04 Å². The van der Waals surface area contributed by atoms with E-state index in [-0.39, 0.29) is 24.3 Å². The number of anilines is 1. The number of hydrogen-bond acceptors (Lipinski definition) is 4. The van der Waals surface area contributed by atoms with Crippen molar-refractivity contribution in [1.82, 2.24) is 15.1 Å². The van der Waals surface area contributed by atoms with Crippen LogP contribution in [0.1, 0.15) is 43.5 Å². The second-order valence-corrected chi connectivity index (χ2v) is 5.75. The number of rotatable bonds is 3. The lowest BCUT2D eigenvalue weighted by Crippen LogP contribution is -2.41. The van der Waals surface area contributed by atoms with Gasteiger partial charge in [0.25, 0.3) is 5.91 Å². The summed E-state index contributed by atoms with van der Waals surface area (Å²) in [4.78, 5) is 26.1. The lowest BCUT2D eigenvalue weighted by atomic mass is 10.2. The number of carbonyl (C=O) groups is 2. The van der Waals surface area contributed by atoms with Crippen LogP contribution >= 0.6 is 0 Å². The molecule has 0 aromatic carbocycles. The zero-order valence-corrected chi connectivity index (χ0v) is 11.9. The summed E-state index contributed by atoms with van der Waals surface area (Å²) in [6.07, 6.45) is 4.38. The van der Waals surface area contributed by atoms with Gasteiger partial charge in [-0.3, -0.25) is 19.6 Å². The van der Waals surface area contributed by atoms with Crippen molar-refractivity contribution in [1.29, 1.82) is 0 Å². The Morgan fingerprint density at radius 1 is 1.25 bits per heavy atom. The Morgan fingerprint density at radius 3 is 2.55 bits per heavy atom. The highest BCUT2D eigenvalue weighted by Gasteiger charge is 2.43. The average Bonchev–Trinajstić information content (AvgIpc) is 3.08. The number of aromatic amines is 1. The predicted octanol–water partition coefficient (Wildman–Crippen LogP) is 1.51. The molecule has 2 amide bonds. The van der Waals surface area contributed by atoms with Crippen molar-refractivity contribution in [3.8, 4) is 0 Å². The first-order chi connectivity index (χ1) is 9.58. The summed E-state index contributed by atoms with van der Waals surface area (Å²) in [5.74, 6) is -0.125. The monoisotopic (exact) mass is 276 g/mol. The van der Waals surface area contributed by atoms with Crippen molar-refractivity contribution in [2.75, 3.05) is 5.32 Å². The van der Waals surface area contributed by atoms with E-state index in [1.165, 1.54) is 4.90 Å². The number of nitrogens with zero attached hydrogens (tertiary/aromatic N) is 2. The zero-order chi connectivity index (χ0) is 14.3. The van der Waals surface area contributed by atoms with Crippen molar-refractivity contribution in [2.45, 2.75) is 58.0 Å². The lowest BCUT2D eigenvalue weighted by Gasteiger charge is -2.22. The molecular formula is C14H20N4O2. The maximum absolute atomic E-state index is 12.5. The zero-order valence-electron chi connectivity index (χ0n) is 11.9. The summed E-state index contributed by atoms with van der Waals surface area (Å²) < 4.78 is 0. The summed E-state index contributed by atoms with van der Waals surface area (Å²) in [7, 11) is 0. The van der Waals surface area contributed by atoms with Gasteiger partial charge in [-0.15, -0.1) is 0 Å². The van der Waals surface area contributed by atoms with E-state index in [0.29, 0.717) is 0 Å². The number of carbonyl (C=O) groups excluding carboxylic acids is 2. The fourth-order valence-electron chi connectivity index (χ4n) is 3.25. The van der Waals surface area contributed by atoms with Crippen LogP contribution in [0.2, 0.25) is 0 Å². The van der Waals surface area contributed by atoms with Crippen LogP contribution in [0.3, 0.4) is 0 Å². The molecule has 0 bridgehead atoms. The number of hydrogen-bond donors (Lipinski definition) is 2. The van der Waals surface area contributed by atoms with Crippen LogP contribution in [-0.2, 0) is 9.59 Å². The van der Waals surface area contributed by atoms with Crippen LogP contribution in [0.4, 0.5) is 5.69 Å². The standard InChI is InChI=1S/C14H20N4O2/c1-8-13(9(2)17-16-8)15-11-7-12(19)18(14(11)20)10-5-3-4-6-10/h10-11,15H,3-7H2,1-2H3,(H,16,17). The average molecular weight is 276 g/mol. The highest BCUT2D eigenvalue weighted by atomic mass is 16.2. The number of nitrogens with one attached hydrogen (secondary N) is 2. The van der Waals surface area contributed by atoms with Crippen LogP contribution in [0.5, 0.6) is 0 Å². The first-order valence-corrected chi connectivity index (χ1v) is 7.22. The molecule has 2 fully saturated rings. The summed E-state index contributed by atoms with van der Waals surface area (Å²) in [6, 6.07) is -0.327. The third-order valence-corrected chi connectivity index (χ3v) is 4.32. The largest absolute Gasteiger partial charge is 0.370 e. The third kappa shape index (κ3) is 2.09. The summed E-state index contributed by atoms with van der Waals surface area (Å²) >= 11 is 0. The van der Waals surface area contributed by atoms with Gasteiger partial charge in [0.05, 0.1) is 23.5 Å². The Morgan fingerprint density at radius 2 is 1.95 bits per heavy atom. The van der Waals surface area contributed by atoms with Gasteiger partial charge in [0.15, 0.2) is 0 Å². The van der Waals surface area contributed by atoms with Gasteiger partial charge >= 0.3 is 0 Å². The maximum Gasteiger partial charge on any atom is 0.252 e. The van der Waals surface area contributed by atoms with Crippen LogP contribution in [-0.4, -0.2) is 39.0 Å². The normalized spacial score (nSPS) is 23.9. The number of aryl methyl sites for hydroxylation is 2. The fourth-order valence-corrected chi connectivity index (χ4v) is 3.25. The van der Waals surface area contributed by atoms with Gasteiger partial charge in [0.2, 0.25) is 5.91 Å². The molecule has 6 heteroatoms. The molecule has 0 radical (unpaired) electrons. The molecule has 1 unspecified atom stereocenters. The van der Waals surface area contributed by atoms with E-state index < -0.39 is 6.04 Å². The van der Waals surface area contributed by atoms with Gasteiger partial charge in [-0.1, -0.05) is 12.8 Å². The van der Waals surface area contributed by atoms with E-state index in [4.69, 9.17) is 0 Å². The first-order valence-electron chi connectivity index (χ1n) is 7.22. The summed E-state index contributed by atoms with van der Waals surface area (Å²) in [6.45, 7) is 3.78. The Labute approximate surface area is 117 Å². The summed E-state index contributed by atoms with van der Waals surface area (Å²) in [5.41, 5.74) is 2.55. The van der Waals surface area contributed by atoms with Gasteiger partial charge < -0.3 is 5.32 Å². The number of amides is 2. The maximum atomic E-state index is 12.5. The van der Waals surface area contributed by atoms with E-state index in [2.05, 4.69) is 15.5 Å². The highest BCUT2D eigenvalue weighted by Crippen LogP contribution is 2.30. The topological polar surface area (TPSA) is 78.1 Å². The SMILES string of the molecule is Cc1n[nH]c(C)c1NC1CC(=O)N(C2CCCC2)C1=O. The molecule has 1 atom stereocenters. The van der Waals surface area contributed by atoms with Gasteiger partial charge in [-0.05, 0) is 26.7 Å². The highest BCUT2D eigenvalue weighted by molar-refractivity contribution is 6.07. The van der Waals surface area contributed by atoms with E-state index >= 15 is 0 Å². The van der Waals surface area contributed by atoms with E-state index in [1.807, 2.05) is 13.8 Å². The van der Waals surface area contributed by atoms with Crippen LogP contribution in [0.15, 0.2) is 0 Å². The molecule has 1 saturated heterocycles. The molecule has 6 nitrogen and oxygen atoms in total. The Hall–Kier alpha value is -1.85. The predicted molar refractivity (Wildman–Crippen MR) is 74.2 cm³/mol. The van der Waals surface area contributed by atoms with Crippen molar-refractivity contribution < 1.29 is 9.59 Å². The molecule has 1 aliphatic carbocycles. The van der Waals surface area contributed by atoms with E-state index in [9.17, 15) is 9.59 Å². The molecule has 1 aliphatic heterocycles. The molecule has 1 saturated carbocycles. The smallest absolute Gasteiger partial charge is 0.252 e. The van der Waals surface area contributed by atoms with Crippen molar-refractivity contribution in [3.63, 3.8) is 0 Å². The molecule has 2 aliphatic rings. The molecule has 0 spiro atoms. The first kappa shape index (κ1) is 13.1. The van der Waals surface area contributed by atoms with Gasteiger partial charge in [-0.2, -0.15) is 5.10 Å². The molecule has 108 valence electrons. The lowest BCUT2D eigenvalue weighted by molar-refractivity contribution is -0.141. The Kier molecular flexibility index (Phi) is 3.23. The number of likely N-dealkylation sites (tertiary alicyclic amines) is 1. The van der Waals surface area contributed by atoms with Crippen LogP contribution in [0.25, 0.3) is 0 Å². The third-order valence-electron chi connectivity index (χ3n) is 4.32. The molecule has 20 heavy (non-hydrogen) atoms. The van der Waals surface area contributed by atoms with Crippen molar-refractivity contribution in [3.05, 3.63) is 11.4 Å². The minimum Gasteiger partial charge on any atom is -0.370 e. The Balaban J connectivity index is 1.76. The quantitative estimate of drug-likeness (QED) is 0.820. The van der Waals surface area contributed by atoms with Crippen LogP contribution in [0, 0.1) is 13.8 Å². The fraction of sp³-hybridized carbons (Fsp3) is 0.643. The minimum atomic E-state index is -0.446. The second-order valence-electron chi connectivity index (χ2n) is 5.75. The van der Waals surface area contributed by atoms with Crippen LogP contribution < -0.4 is 5.32 Å². The molecule has 1 aromatic rings. The van der Waals surface area contributed by atoms with Gasteiger partial charge in [0.1, 0.15) is 6.04 Å². The number of H-pyrrole nitrogens is 1. The number of imide groups is 1. The van der Waals surface area contributed by atoms with E-state index in [0.717, 1.165) is 42.8 Å². The molecule has 1 aromatic heterocycles. The van der Waals surface area contributed by atoms with Gasteiger partial charge in [-0.25, -0.2) is 0 Å². The molecular weight excluding hydrogens is 256 g/mol. The number of aromatic nitrogens is 2. The minimum absolute atomic E-state index is 0.0433. The van der Waals surface area contributed by atoms with Crippen molar-refractivity contribution >= 4 is 17.5 Å².